The molecule has 1 unspecified atom stereocenters. The van der Waals surface area contributed by atoms with E-state index in [0.717, 1.165) is 18.4 Å². The minimum absolute atomic E-state index is 0.0940. The first-order chi connectivity index (χ1) is 12.4. The summed E-state index contributed by atoms with van der Waals surface area (Å²) in [5.74, 6) is 1.41. The monoisotopic (exact) mass is 419 g/mol. The molecule has 2 aromatic rings. The van der Waals surface area contributed by atoms with Gasteiger partial charge < -0.3 is 14.6 Å². The molecule has 2 aromatic heterocycles. The van der Waals surface area contributed by atoms with Crippen molar-refractivity contribution in [3.05, 3.63) is 45.4 Å². The third kappa shape index (κ3) is 3.67. The Morgan fingerprint density at radius 1 is 1.31 bits per heavy atom. The van der Waals surface area contributed by atoms with Crippen LogP contribution in [0, 0.1) is 26.7 Å². The van der Waals surface area contributed by atoms with Gasteiger partial charge in [-0.1, -0.05) is 6.07 Å². The zero-order valence-electron chi connectivity index (χ0n) is 15.1. The van der Waals surface area contributed by atoms with E-state index in [0.29, 0.717) is 40.5 Å². The highest BCUT2D eigenvalue weighted by molar-refractivity contribution is 9.10. The van der Waals surface area contributed by atoms with E-state index in [-0.39, 0.29) is 17.7 Å². The van der Waals surface area contributed by atoms with Crippen molar-refractivity contribution >= 4 is 33.6 Å². The zero-order valence-corrected chi connectivity index (χ0v) is 16.7. The van der Waals surface area contributed by atoms with Crippen LogP contribution in [0.5, 0.6) is 0 Å². The largest absolute Gasteiger partial charge is 0.465 e. The summed E-state index contributed by atoms with van der Waals surface area (Å²) in [4.78, 5) is 31.5. The Hall–Kier alpha value is -2.15. The third-order valence-corrected chi connectivity index (χ3v) is 5.69. The second-order valence-electron chi connectivity index (χ2n) is 6.65. The SMILES string of the molecule is Cc1cccnc1NC(=O)C1CCCN(C(=O)c2c(C)oc(C)c2Br)C1. The number of halogens is 1. The molecule has 0 aliphatic carbocycles. The summed E-state index contributed by atoms with van der Waals surface area (Å²) < 4.78 is 6.23. The summed E-state index contributed by atoms with van der Waals surface area (Å²) in [6, 6.07) is 3.74. The average molecular weight is 420 g/mol. The fourth-order valence-corrected chi connectivity index (χ4v) is 3.80. The molecular weight excluding hydrogens is 398 g/mol. The number of likely N-dealkylation sites (tertiary alicyclic amines) is 1. The van der Waals surface area contributed by atoms with Gasteiger partial charge in [0, 0.05) is 19.3 Å². The number of furan rings is 1. The number of rotatable bonds is 3. The summed E-state index contributed by atoms with van der Waals surface area (Å²) in [6.07, 6.45) is 3.20. The van der Waals surface area contributed by atoms with E-state index in [1.165, 1.54) is 0 Å². The molecule has 1 N–H and O–H groups in total. The molecule has 0 radical (unpaired) electrons. The van der Waals surface area contributed by atoms with Gasteiger partial charge in [-0.2, -0.15) is 0 Å². The highest BCUT2D eigenvalue weighted by Gasteiger charge is 2.32. The van der Waals surface area contributed by atoms with Crippen LogP contribution in [0.15, 0.2) is 27.2 Å². The summed E-state index contributed by atoms with van der Waals surface area (Å²) >= 11 is 3.44. The van der Waals surface area contributed by atoms with Gasteiger partial charge in [-0.05, 0) is 61.2 Å². The molecule has 0 saturated carbocycles. The molecule has 2 amide bonds. The Labute approximate surface area is 161 Å². The van der Waals surface area contributed by atoms with Crippen molar-refractivity contribution in [2.45, 2.75) is 33.6 Å². The fourth-order valence-electron chi connectivity index (χ4n) is 3.27. The summed E-state index contributed by atoms with van der Waals surface area (Å²) in [5, 5.41) is 2.89. The second-order valence-corrected chi connectivity index (χ2v) is 7.44. The van der Waals surface area contributed by atoms with Crippen molar-refractivity contribution in [2.24, 2.45) is 5.92 Å². The molecular formula is C19H22BrN3O3. The van der Waals surface area contributed by atoms with E-state index in [1.54, 1.807) is 18.0 Å². The van der Waals surface area contributed by atoms with Crippen LogP contribution in [0.1, 0.15) is 40.3 Å². The van der Waals surface area contributed by atoms with Crippen molar-refractivity contribution < 1.29 is 14.0 Å². The van der Waals surface area contributed by atoms with Crippen molar-refractivity contribution in [3.8, 4) is 0 Å². The molecule has 1 saturated heterocycles. The first kappa shape index (κ1) is 18.6. The normalized spacial score (nSPS) is 17.2. The average Bonchev–Trinajstić information content (AvgIpc) is 2.88. The van der Waals surface area contributed by atoms with Crippen molar-refractivity contribution in [1.29, 1.82) is 0 Å². The maximum Gasteiger partial charge on any atom is 0.258 e. The lowest BCUT2D eigenvalue weighted by atomic mass is 9.96. The quantitative estimate of drug-likeness (QED) is 0.819. The minimum atomic E-state index is -0.249. The van der Waals surface area contributed by atoms with Gasteiger partial charge in [0.1, 0.15) is 17.3 Å². The van der Waals surface area contributed by atoms with Crippen LogP contribution in [-0.2, 0) is 4.79 Å². The van der Waals surface area contributed by atoms with Crippen molar-refractivity contribution in [2.75, 3.05) is 18.4 Å². The lowest BCUT2D eigenvalue weighted by Gasteiger charge is -2.32. The van der Waals surface area contributed by atoms with Crippen LogP contribution in [0.4, 0.5) is 5.82 Å². The molecule has 138 valence electrons. The summed E-state index contributed by atoms with van der Waals surface area (Å²) in [5.41, 5.74) is 1.46. The first-order valence-electron chi connectivity index (χ1n) is 8.65. The number of aromatic nitrogens is 1. The van der Waals surface area contributed by atoms with Crippen molar-refractivity contribution in [1.82, 2.24) is 9.88 Å². The van der Waals surface area contributed by atoms with E-state index in [4.69, 9.17) is 4.42 Å². The van der Waals surface area contributed by atoms with Gasteiger partial charge in [0.2, 0.25) is 5.91 Å². The highest BCUT2D eigenvalue weighted by Crippen LogP contribution is 2.30. The highest BCUT2D eigenvalue weighted by atomic mass is 79.9. The molecule has 6 nitrogen and oxygen atoms in total. The Kier molecular flexibility index (Phi) is 5.46. The molecule has 0 spiro atoms. The molecule has 1 aliphatic rings. The van der Waals surface area contributed by atoms with E-state index >= 15 is 0 Å². The first-order valence-corrected chi connectivity index (χ1v) is 9.45. The van der Waals surface area contributed by atoms with Crippen molar-refractivity contribution in [3.63, 3.8) is 0 Å². The number of amides is 2. The van der Waals surface area contributed by atoms with E-state index in [2.05, 4.69) is 26.2 Å². The molecule has 0 bridgehead atoms. The Morgan fingerprint density at radius 2 is 2.08 bits per heavy atom. The van der Waals surface area contributed by atoms with Gasteiger partial charge in [-0.15, -0.1) is 0 Å². The van der Waals surface area contributed by atoms with Crippen LogP contribution in [0.25, 0.3) is 0 Å². The zero-order chi connectivity index (χ0) is 18.8. The Balaban J connectivity index is 1.72. The standard InChI is InChI=1S/C19H22BrN3O3/c1-11-6-4-8-21-17(11)22-18(24)14-7-5-9-23(10-14)19(25)15-12(2)26-13(3)16(15)20/h4,6,8,14H,5,7,9-10H2,1-3H3,(H,21,22,24). The number of carbonyl (C=O) groups excluding carboxylic acids is 2. The molecule has 3 heterocycles. The predicted molar refractivity (Wildman–Crippen MR) is 102 cm³/mol. The number of nitrogens with zero attached hydrogens (tertiary/aromatic N) is 2. The number of carbonyl (C=O) groups is 2. The van der Waals surface area contributed by atoms with Crippen LogP contribution in [0.3, 0.4) is 0 Å². The molecule has 1 aliphatic heterocycles. The molecule has 7 heteroatoms. The van der Waals surface area contributed by atoms with Gasteiger partial charge in [0.15, 0.2) is 0 Å². The maximum absolute atomic E-state index is 12.9. The second kappa shape index (κ2) is 7.61. The summed E-state index contributed by atoms with van der Waals surface area (Å²) in [6.45, 7) is 6.54. The van der Waals surface area contributed by atoms with Gasteiger partial charge in [0.25, 0.3) is 5.91 Å². The smallest absolute Gasteiger partial charge is 0.258 e. The third-order valence-electron chi connectivity index (χ3n) is 4.73. The van der Waals surface area contributed by atoms with Gasteiger partial charge in [-0.3, -0.25) is 9.59 Å². The minimum Gasteiger partial charge on any atom is -0.465 e. The molecule has 0 aromatic carbocycles. The number of nitrogens with one attached hydrogen (secondary N) is 1. The van der Waals surface area contributed by atoms with E-state index in [9.17, 15) is 9.59 Å². The van der Waals surface area contributed by atoms with Crippen LogP contribution < -0.4 is 5.32 Å². The number of aryl methyl sites for hydroxylation is 3. The molecule has 1 fully saturated rings. The maximum atomic E-state index is 12.9. The van der Waals surface area contributed by atoms with Crippen LogP contribution >= 0.6 is 15.9 Å². The number of hydrogen-bond acceptors (Lipinski definition) is 4. The summed E-state index contributed by atoms with van der Waals surface area (Å²) in [7, 11) is 0. The van der Waals surface area contributed by atoms with Gasteiger partial charge in [-0.25, -0.2) is 4.98 Å². The van der Waals surface area contributed by atoms with Gasteiger partial charge in [0.05, 0.1) is 16.0 Å². The Morgan fingerprint density at radius 3 is 2.73 bits per heavy atom. The predicted octanol–water partition coefficient (Wildman–Crippen LogP) is 3.85. The fraction of sp³-hybridized carbons (Fsp3) is 0.421. The lowest BCUT2D eigenvalue weighted by molar-refractivity contribution is -0.121. The topological polar surface area (TPSA) is 75.4 Å². The number of anilines is 1. The lowest BCUT2D eigenvalue weighted by Crippen LogP contribution is -2.44. The number of piperidine rings is 1. The van der Waals surface area contributed by atoms with E-state index < -0.39 is 0 Å². The van der Waals surface area contributed by atoms with Gasteiger partial charge >= 0.3 is 0 Å². The number of pyridine rings is 1. The Bertz CT molecular complexity index is 847. The molecule has 26 heavy (non-hydrogen) atoms. The molecule has 1 atom stereocenters. The number of hydrogen-bond donors (Lipinski definition) is 1. The van der Waals surface area contributed by atoms with Crippen LogP contribution in [0.2, 0.25) is 0 Å². The molecule has 3 rings (SSSR count). The van der Waals surface area contributed by atoms with E-state index in [1.807, 2.05) is 26.0 Å². The van der Waals surface area contributed by atoms with Crippen LogP contribution in [-0.4, -0.2) is 34.8 Å².